The van der Waals surface area contributed by atoms with Crippen LogP contribution in [-0.2, 0) is 0 Å². The topological polar surface area (TPSA) is 80.1 Å². The lowest BCUT2D eigenvalue weighted by molar-refractivity contribution is -0.384. The van der Waals surface area contributed by atoms with Gasteiger partial charge in [-0.3, -0.25) is 15.1 Å². The van der Waals surface area contributed by atoms with Gasteiger partial charge in [0, 0.05) is 46.7 Å². The van der Waals surface area contributed by atoms with Crippen molar-refractivity contribution in [2.24, 2.45) is 0 Å². The van der Waals surface area contributed by atoms with Crippen LogP contribution in [0.3, 0.4) is 0 Å². The lowest BCUT2D eigenvalue weighted by Gasteiger charge is -2.12. The van der Waals surface area contributed by atoms with Crippen LogP contribution in [0.4, 0.5) is 17.1 Å². The van der Waals surface area contributed by atoms with Crippen LogP contribution in [0.5, 0.6) is 0 Å². The summed E-state index contributed by atoms with van der Waals surface area (Å²) in [5.74, 6) is 0. The number of nitrogens with one attached hydrogen (secondary N) is 2. The summed E-state index contributed by atoms with van der Waals surface area (Å²) < 4.78 is 0. The highest BCUT2D eigenvalue weighted by Crippen LogP contribution is 2.22. The van der Waals surface area contributed by atoms with Crippen molar-refractivity contribution < 1.29 is 4.92 Å². The molecule has 2 aromatic carbocycles. The van der Waals surface area contributed by atoms with Gasteiger partial charge in [-0.25, -0.2) is 0 Å². The molecule has 0 aliphatic heterocycles. The highest BCUT2D eigenvalue weighted by molar-refractivity contribution is 7.80. The van der Waals surface area contributed by atoms with Gasteiger partial charge in [-0.05, 0) is 36.5 Å². The lowest BCUT2D eigenvalue weighted by atomic mass is 10.1. The maximum Gasteiger partial charge on any atom is 0.269 e. The van der Waals surface area contributed by atoms with Crippen molar-refractivity contribution in [2.45, 2.75) is 0 Å². The molecule has 0 spiro atoms. The molecule has 0 aliphatic rings. The van der Waals surface area contributed by atoms with Gasteiger partial charge in [-0.2, -0.15) is 0 Å². The molecule has 0 radical (unpaired) electrons. The zero-order valence-corrected chi connectivity index (χ0v) is 12.7. The maximum absolute atomic E-state index is 10.6. The van der Waals surface area contributed by atoms with Gasteiger partial charge in [0.15, 0.2) is 5.11 Å². The molecular weight excluding hydrogens is 312 g/mol. The predicted octanol–water partition coefficient (Wildman–Crippen LogP) is 3.95. The number of hydrogen-bond acceptors (Lipinski definition) is 4. The average Bonchev–Trinajstić information content (AvgIpc) is 2.55. The van der Waals surface area contributed by atoms with E-state index in [1.165, 1.54) is 12.1 Å². The standard InChI is InChI=1S/C16H12N4O2S/c21-20(22)13-6-4-12(5-7-13)18-16(23)19-15-3-1-2-11-10-17-9-8-14(11)15/h1-10H,(H2,18,19,23). The number of nitro benzene ring substituents is 1. The summed E-state index contributed by atoms with van der Waals surface area (Å²) in [6.07, 6.45) is 3.51. The Hall–Kier alpha value is -3.06. The summed E-state index contributed by atoms with van der Waals surface area (Å²) >= 11 is 5.29. The van der Waals surface area contributed by atoms with Gasteiger partial charge < -0.3 is 10.6 Å². The first-order valence-electron chi connectivity index (χ1n) is 6.79. The second kappa shape index (κ2) is 6.37. The monoisotopic (exact) mass is 324 g/mol. The number of rotatable bonds is 3. The molecule has 0 bridgehead atoms. The van der Waals surface area contributed by atoms with E-state index in [4.69, 9.17) is 12.2 Å². The summed E-state index contributed by atoms with van der Waals surface area (Å²) in [4.78, 5) is 14.3. The number of benzene rings is 2. The summed E-state index contributed by atoms with van der Waals surface area (Å²) in [5, 5.41) is 19.2. The highest BCUT2D eigenvalue weighted by Gasteiger charge is 2.06. The second-order valence-electron chi connectivity index (χ2n) is 4.79. The van der Waals surface area contributed by atoms with Crippen molar-refractivity contribution >= 4 is 45.2 Å². The van der Waals surface area contributed by atoms with Gasteiger partial charge in [-0.1, -0.05) is 12.1 Å². The van der Waals surface area contributed by atoms with E-state index in [2.05, 4.69) is 15.6 Å². The molecule has 3 aromatic rings. The molecule has 23 heavy (non-hydrogen) atoms. The van der Waals surface area contributed by atoms with E-state index in [-0.39, 0.29) is 5.69 Å². The third-order valence-corrected chi connectivity index (χ3v) is 3.47. The molecule has 3 rings (SSSR count). The molecule has 1 heterocycles. The van der Waals surface area contributed by atoms with Gasteiger partial charge in [0.1, 0.15) is 0 Å². The Bertz CT molecular complexity index is 875. The van der Waals surface area contributed by atoms with E-state index in [0.29, 0.717) is 10.8 Å². The average molecular weight is 324 g/mol. The Morgan fingerprint density at radius 3 is 2.61 bits per heavy atom. The third-order valence-electron chi connectivity index (χ3n) is 3.26. The molecule has 2 N–H and O–H groups in total. The fraction of sp³-hybridized carbons (Fsp3) is 0. The number of pyridine rings is 1. The predicted molar refractivity (Wildman–Crippen MR) is 94.7 cm³/mol. The zero-order valence-electron chi connectivity index (χ0n) is 11.9. The maximum atomic E-state index is 10.6. The Morgan fingerprint density at radius 1 is 1.09 bits per heavy atom. The minimum absolute atomic E-state index is 0.0379. The fourth-order valence-corrected chi connectivity index (χ4v) is 2.41. The SMILES string of the molecule is O=[N+]([O-])c1ccc(NC(=S)Nc2cccc3cnccc23)cc1. The van der Waals surface area contributed by atoms with E-state index in [1.54, 1.807) is 24.5 Å². The Labute approximate surface area is 137 Å². The number of fused-ring (bicyclic) bond motifs is 1. The van der Waals surface area contributed by atoms with Crippen LogP contribution < -0.4 is 10.6 Å². The molecule has 0 saturated heterocycles. The number of thiocarbonyl (C=S) groups is 1. The van der Waals surface area contributed by atoms with Gasteiger partial charge in [0.2, 0.25) is 0 Å². The van der Waals surface area contributed by atoms with Crippen LogP contribution in [-0.4, -0.2) is 15.0 Å². The first-order chi connectivity index (χ1) is 11.1. The highest BCUT2D eigenvalue weighted by atomic mass is 32.1. The first-order valence-corrected chi connectivity index (χ1v) is 7.19. The number of anilines is 2. The molecular formula is C16H12N4O2S. The summed E-state index contributed by atoms with van der Waals surface area (Å²) in [6.45, 7) is 0. The largest absolute Gasteiger partial charge is 0.332 e. The van der Waals surface area contributed by atoms with Crippen molar-refractivity contribution in [1.82, 2.24) is 4.98 Å². The number of hydrogen-bond donors (Lipinski definition) is 2. The van der Waals surface area contributed by atoms with Crippen LogP contribution >= 0.6 is 12.2 Å². The van der Waals surface area contributed by atoms with Gasteiger partial charge >= 0.3 is 0 Å². The van der Waals surface area contributed by atoms with E-state index in [9.17, 15) is 10.1 Å². The zero-order chi connectivity index (χ0) is 16.2. The van der Waals surface area contributed by atoms with Crippen molar-refractivity contribution in [3.8, 4) is 0 Å². The summed E-state index contributed by atoms with van der Waals surface area (Å²) in [5.41, 5.74) is 1.58. The fourth-order valence-electron chi connectivity index (χ4n) is 2.18. The van der Waals surface area contributed by atoms with E-state index >= 15 is 0 Å². The quantitative estimate of drug-likeness (QED) is 0.431. The number of nitro groups is 1. The van der Waals surface area contributed by atoms with Crippen LogP contribution in [0.2, 0.25) is 0 Å². The molecule has 114 valence electrons. The van der Waals surface area contributed by atoms with Crippen molar-refractivity contribution in [3.05, 3.63) is 71.0 Å². The molecule has 6 nitrogen and oxygen atoms in total. The lowest BCUT2D eigenvalue weighted by Crippen LogP contribution is -2.19. The Kier molecular flexibility index (Phi) is 4.11. The van der Waals surface area contributed by atoms with Gasteiger partial charge in [0.25, 0.3) is 5.69 Å². The molecule has 0 saturated carbocycles. The van der Waals surface area contributed by atoms with Crippen LogP contribution in [0, 0.1) is 10.1 Å². The summed E-state index contributed by atoms with van der Waals surface area (Å²) in [6, 6.07) is 13.8. The first kappa shape index (κ1) is 14.9. The van der Waals surface area contributed by atoms with Gasteiger partial charge in [0.05, 0.1) is 4.92 Å². The van der Waals surface area contributed by atoms with E-state index in [0.717, 1.165) is 16.5 Å². The van der Waals surface area contributed by atoms with Crippen LogP contribution in [0.1, 0.15) is 0 Å². The third kappa shape index (κ3) is 3.41. The smallest absolute Gasteiger partial charge is 0.269 e. The van der Waals surface area contributed by atoms with Crippen LogP contribution in [0.15, 0.2) is 60.9 Å². The second-order valence-corrected chi connectivity index (χ2v) is 5.19. The number of nitrogens with zero attached hydrogens (tertiary/aromatic N) is 2. The summed E-state index contributed by atoms with van der Waals surface area (Å²) in [7, 11) is 0. The molecule has 0 fully saturated rings. The molecule has 0 unspecified atom stereocenters. The Balaban J connectivity index is 1.75. The van der Waals surface area contributed by atoms with E-state index in [1.807, 2.05) is 24.3 Å². The number of non-ortho nitro benzene ring substituents is 1. The molecule has 1 aromatic heterocycles. The van der Waals surface area contributed by atoms with Crippen LogP contribution in [0.25, 0.3) is 10.8 Å². The Morgan fingerprint density at radius 2 is 1.87 bits per heavy atom. The van der Waals surface area contributed by atoms with Crippen molar-refractivity contribution in [2.75, 3.05) is 10.6 Å². The molecule has 0 aliphatic carbocycles. The van der Waals surface area contributed by atoms with E-state index < -0.39 is 4.92 Å². The number of aromatic nitrogens is 1. The normalized spacial score (nSPS) is 10.3. The molecule has 0 atom stereocenters. The molecule has 0 amide bonds. The van der Waals surface area contributed by atoms with Crippen molar-refractivity contribution in [1.29, 1.82) is 0 Å². The molecule has 7 heteroatoms. The van der Waals surface area contributed by atoms with Gasteiger partial charge in [-0.15, -0.1) is 0 Å². The minimum Gasteiger partial charge on any atom is -0.332 e. The minimum atomic E-state index is -0.440. The van der Waals surface area contributed by atoms with Crippen molar-refractivity contribution in [3.63, 3.8) is 0 Å².